The second-order valence-corrected chi connectivity index (χ2v) is 8.35. The molecule has 5 rings (SSSR count). The fourth-order valence-corrected chi connectivity index (χ4v) is 4.40. The Morgan fingerprint density at radius 1 is 0.939 bits per heavy atom. The second-order valence-electron chi connectivity index (χ2n) is 8.35. The first-order chi connectivity index (χ1) is 16.2. The quantitative estimate of drug-likeness (QED) is 0.503. The van der Waals surface area contributed by atoms with Crippen molar-refractivity contribution in [3.8, 4) is 34.2 Å². The Labute approximate surface area is 194 Å². The molecule has 166 valence electrons. The van der Waals surface area contributed by atoms with Gasteiger partial charge in [0.1, 0.15) is 11.4 Å². The van der Waals surface area contributed by atoms with E-state index in [9.17, 15) is 5.26 Å². The van der Waals surface area contributed by atoms with E-state index < -0.39 is 0 Å². The topological polar surface area (TPSA) is 65.6 Å². The van der Waals surface area contributed by atoms with E-state index in [1.54, 1.807) is 7.11 Å². The number of nitrogens with zero attached hydrogens (tertiary/aromatic N) is 4. The number of hydrogen-bond donors (Lipinski definition) is 1. The monoisotopic (exact) mass is 437 g/mol. The van der Waals surface area contributed by atoms with Gasteiger partial charge in [-0.25, -0.2) is 4.98 Å². The number of nitriles is 1. The highest BCUT2D eigenvalue weighted by Crippen LogP contribution is 2.29. The number of nitrogens with one attached hydrogen (secondary N) is 1. The van der Waals surface area contributed by atoms with Crippen LogP contribution in [0.4, 0.5) is 0 Å². The number of methoxy groups -OCH3 is 1. The van der Waals surface area contributed by atoms with Crippen molar-refractivity contribution >= 4 is 5.65 Å². The van der Waals surface area contributed by atoms with Gasteiger partial charge in [-0.3, -0.25) is 4.90 Å². The van der Waals surface area contributed by atoms with Crippen LogP contribution in [0, 0.1) is 11.3 Å². The predicted octanol–water partition coefficient (Wildman–Crippen LogP) is 4.34. The fraction of sp³-hybridized carbons (Fsp3) is 0.259. The maximum Gasteiger partial charge on any atom is 0.137 e. The number of ether oxygens (including phenoxy) is 1. The molecule has 1 aliphatic rings. The van der Waals surface area contributed by atoms with Gasteiger partial charge in [-0.15, -0.1) is 0 Å². The summed E-state index contributed by atoms with van der Waals surface area (Å²) < 4.78 is 7.54. The van der Waals surface area contributed by atoms with Crippen LogP contribution in [-0.2, 0) is 6.54 Å². The van der Waals surface area contributed by atoms with Gasteiger partial charge in [-0.1, -0.05) is 24.3 Å². The van der Waals surface area contributed by atoms with Gasteiger partial charge < -0.3 is 14.5 Å². The van der Waals surface area contributed by atoms with Crippen molar-refractivity contribution < 1.29 is 4.74 Å². The normalized spacial score (nSPS) is 14.7. The minimum atomic E-state index is 0.657. The summed E-state index contributed by atoms with van der Waals surface area (Å²) in [6.07, 6.45) is 3.32. The molecule has 6 heteroatoms. The highest BCUT2D eigenvalue weighted by molar-refractivity contribution is 5.70. The van der Waals surface area contributed by atoms with Crippen molar-refractivity contribution in [3.63, 3.8) is 0 Å². The number of benzene rings is 2. The molecule has 4 aromatic rings. The molecule has 1 saturated heterocycles. The Bertz CT molecular complexity index is 1280. The molecule has 6 nitrogen and oxygen atoms in total. The molecule has 0 aliphatic carbocycles. The minimum Gasteiger partial charge on any atom is -0.497 e. The Kier molecular flexibility index (Phi) is 6.07. The third-order valence-electron chi connectivity index (χ3n) is 6.23. The molecule has 2 aromatic carbocycles. The van der Waals surface area contributed by atoms with Crippen LogP contribution in [0.2, 0.25) is 0 Å². The fourth-order valence-electron chi connectivity index (χ4n) is 4.40. The molecule has 0 unspecified atom stereocenters. The van der Waals surface area contributed by atoms with Crippen LogP contribution in [0.3, 0.4) is 0 Å². The minimum absolute atomic E-state index is 0.657. The highest BCUT2D eigenvalue weighted by Gasteiger charge is 2.19. The summed E-state index contributed by atoms with van der Waals surface area (Å²) in [7, 11) is 1.68. The first kappa shape index (κ1) is 21.2. The summed E-state index contributed by atoms with van der Waals surface area (Å²) in [4.78, 5) is 7.50. The largest absolute Gasteiger partial charge is 0.497 e. The SMILES string of the molecule is COc1ccc(-c2ccc3nc(-c4ccc(C#N)cc4)c(CN4CCCNCC4)n3c2)cc1. The van der Waals surface area contributed by atoms with Crippen LogP contribution >= 0.6 is 0 Å². The highest BCUT2D eigenvalue weighted by atomic mass is 16.5. The predicted molar refractivity (Wildman–Crippen MR) is 130 cm³/mol. The van der Waals surface area contributed by atoms with Crippen molar-refractivity contribution in [3.05, 3.63) is 78.1 Å². The standard InChI is InChI=1S/C27H27N5O/c1-33-24-10-7-21(8-11-24)23-9-12-26-30-27(22-5-3-20(17-28)4-6-22)25(32(26)18-23)19-31-15-2-13-29-14-16-31/h3-12,18,29H,2,13-16,19H2,1H3. The molecule has 33 heavy (non-hydrogen) atoms. The maximum atomic E-state index is 9.19. The van der Waals surface area contributed by atoms with E-state index in [1.807, 2.05) is 36.4 Å². The maximum absolute atomic E-state index is 9.19. The first-order valence-corrected chi connectivity index (χ1v) is 11.3. The van der Waals surface area contributed by atoms with Gasteiger partial charge in [-0.05, 0) is 67.0 Å². The van der Waals surface area contributed by atoms with Crippen molar-refractivity contribution in [1.29, 1.82) is 5.26 Å². The van der Waals surface area contributed by atoms with Crippen molar-refractivity contribution in [2.75, 3.05) is 33.3 Å². The number of hydrogen-bond acceptors (Lipinski definition) is 5. The Morgan fingerprint density at radius 3 is 2.45 bits per heavy atom. The summed E-state index contributed by atoms with van der Waals surface area (Å²) in [6.45, 7) is 4.96. The average molecular weight is 438 g/mol. The molecule has 0 bridgehead atoms. The molecular weight excluding hydrogens is 410 g/mol. The lowest BCUT2D eigenvalue weighted by molar-refractivity contribution is 0.281. The number of aromatic nitrogens is 2. The van der Waals surface area contributed by atoms with Crippen molar-refractivity contribution in [2.45, 2.75) is 13.0 Å². The molecular formula is C27H27N5O. The van der Waals surface area contributed by atoms with Crippen LogP contribution in [-0.4, -0.2) is 47.6 Å². The summed E-state index contributed by atoms with van der Waals surface area (Å²) in [5, 5.41) is 12.7. The Balaban J connectivity index is 1.60. The lowest BCUT2D eigenvalue weighted by Crippen LogP contribution is -2.28. The van der Waals surface area contributed by atoms with Gasteiger partial charge in [0.2, 0.25) is 0 Å². The van der Waals surface area contributed by atoms with E-state index in [0.717, 1.165) is 72.9 Å². The van der Waals surface area contributed by atoms with E-state index in [1.165, 1.54) is 5.69 Å². The number of fused-ring (bicyclic) bond motifs is 1. The van der Waals surface area contributed by atoms with Crippen LogP contribution in [0.25, 0.3) is 28.0 Å². The third-order valence-corrected chi connectivity index (χ3v) is 6.23. The third kappa shape index (κ3) is 4.47. The van der Waals surface area contributed by atoms with Crippen molar-refractivity contribution in [1.82, 2.24) is 19.6 Å². The second kappa shape index (κ2) is 9.45. The summed E-state index contributed by atoms with van der Waals surface area (Å²) in [5.41, 5.74) is 7.03. The molecule has 1 fully saturated rings. The molecule has 0 atom stereocenters. The molecule has 3 heterocycles. The molecule has 1 N–H and O–H groups in total. The lowest BCUT2D eigenvalue weighted by Gasteiger charge is -2.20. The van der Waals surface area contributed by atoms with Crippen LogP contribution in [0.1, 0.15) is 17.7 Å². The van der Waals surface area contributed by atoms with Crippen LogP contribution < -0.4 is 10.1 Å². The molecule has 0 radical (unpaired) electrons. The van der Waals surface area contributed by atoms with Crippen LogP contribution in [0.5, 0.6) is 5.75 Å². The summed E-state index contributed by atoms with van der Waals surface area (Å²) in [5.74, 6) is 0.848. The molecule has 0 amide bonds. The van der Waals surface area contributed by atoms with E-state index in [2.05, 4.69) is 51.1 Å². The number of imidazole rings is 1. The van der Waals surface area contributed by atoms with Gasteiger partial charge in [0, 0.05) is 31.4 Å². The van der Waals surface area contributed by atoms with Crippen LogP contribution in [0.15, 0.2) is 66.9 Å². The smallest absolute Gasteiger partial charge is 0.137 e. The molecule has 1 aliphatic heterocycles. The van der Waals surface area contributed by atoms with Gasteiger partial charge in [-0.2, -0.15) is 5.26 Å². The van der Waals surface area contributed by atoms with Gasteiger partial charge in [0.05, 0.1) is 30.1 Å². The Morgan fingerprint density at radius 2 is 1.70 bits per heavy atom. The number of rotatable bonds is 5. The van der Waals surface area contributed by atoms with E-state index in [4.69, 9.17) is 9.72 Å². The zero-order valence-corrected chi connectivity index (χ0v) is 18.8. The zero-order chi connectivity index (χ0) is 22.6. The molecule has 0 spiro atoms. The average Bonchev–Trinajstić information content (AvgIpc) is 3.03. The molecule has 2 aromatic heterocycles. The van der Waals surface area contributed by atoms with Crippen molar-refractivity contribution in [2.24, 2.45) is 0 Å². The van der Waals surface area contributed by atoms with E-state index in [-0.39, 0.29) is 0 Å². The summed E-state index contributed by atoms with van der Waals surface area (Å²) >= 11 is 0. The zero-order valence-electron chi connectivity index (χ0n) is 18.8. The Hall–Kier alpha value is -3.66. The van der Waals surface area contributed by atoms with Gasteiger partial charge in [0.25, 0.3) is 0 Å². The molecule has 0 saturated carbocycles. The lowest BCUT2D eigenvalue weighted by atomic mass is 10.1. The van der Waals surface area contributed by atoms with Gasteiger partial charge in [0.15, 0.2) is 0 Å². The van der Waals surface area contributed by atoms with E-state index >= 15 is 0 Å². The van der Waals surface area contributed by atoms with E-state index in [0.29, 0.717) is 5.56 Å². The number of pyridine rings is 1. The van der Waals surface area contributed by atoms with Gasteiger partial charge >= 0.3 is 0 Å². The first-order valence-electron chi connectivity index (χ1n) is 11.3. The summed E-state index contributed by atoms with van der Waals surface area (Å²) in [6, 6.07) is 22.3.